The van der Waals surface area contributed by atoms with Crippen LogP contribution in [0.15, 0.2) is 54.6 Å². The first kappa shape index (κ1) is 26.1. The van der Waals surface area contributed by atoms with Crippen LogP contribution in [0.3, 0.4) is 0 Å². The molecule has 2 aromatic rings. The predicted molar refractivity (Wildman–Crippen MR) is 134 cm³/mol. The molecule has 35 heavy (non-hydrogen) atoms. The number of ether oxygens (including phenoxy) is 2. The van der Waals surface area contributed by atoms with E-state index in [1.54, 1.807) is 48.1 Å². The van der Waals surface area contributed by atoms with Gasteiger partial charge in [0.05, 0.1) is 19.6 Å². The van der Waals surface area contributed by atoms with Crippen LogP contribution < -0.4 is 10.1 Å². The molecule has 188 valence electrons. The highest BCUT2D eigenvalue weighted by Gasteiger charge is 2.28. The molecule has 0 bridgehead atoms. The van der Waals surface area contributed by atoms with Crippen molar-refractivity contribution in [1.82, 2.24) is 9.80 Å². The molecule has 3 amide bonds. The molecule has 0 spiro atoms. The van der Waals surface area contributed by atoms with Crippen molar-refractivity contribution in [3.63, 3.8) is 0 Å². The number of carbonyl (C=O) groups excluding carboxylic acids is 3. The van der Waals surface area contributed by atoms with Gasteiger partial charge in [-0.25, -0.2) is 4.79 Å². The fourth-order valence-corrected chi connectivity index (χ4v) is 4.11. The van der Waals surface area contributed by atoms with Crippen LogP contribution >= 0.6 is 0 Å². The monoisotopic (exact) mass is 481 g/mol. The zero-order valence-electron chi connectivity index (χ0n) is 20.6. The van der Waals surface area contributed by atoms with Crippen LogP contribution in [0.5, 0.6) is 5.75 Å². The average molecular weight is 482 g/mol. The van der Waals surface area contributed by atoms with Crippen molar-refractivity contribution in [3.8, 4) is 5.75 Å². The van der Waals surface area contributed by atoms with Crippen LogP contribution in [0.2, 0.25) is 0 Å². The molecule has 2 aromatic carbocycles. The standard InChI is InChI=1S/C27H35N3O5/c1-3-35-26(32)22-14-18-29(19-15-22)25(31)16-20-30(17-13-21-7-5-4-6-8-21)27(33)28-23-9-11-24(34-2)12-10-23/h4-12,22H,3,13-20H2,1-2H3,(H,28,33). The van der Waals surface area contributed by atoms with Crippen molar-refractivity contribution >= 4 is 23.6 Å². The fraction of sp³-hybridized carbons (Fsp3) is 0.444. The molecule has 8 heteroatoms. The summed E-state index contributed by atoms with van der Waals surface area (Å²) in [6, 6.07) is 16.8. The van der Waals surface area contributed by atoms with E-state index >= 15 is 0 Å². The Balaban J connectivity index is 1.56. The molecule has 1 saturated heterocycles. The number of methoxy groups -OCH3 is 1. The Morgan fingerprint density at radius 2 is 1.69 bits per heavy atom. The molecular formula is C27H35N3O5. The number of esters is 1. The molecule has 8 nitrogen and oxygen atoms in total. The molecular weight excluding hydrogens is 446 g/mol. The van der Waals surface area contributed by atoms with Crippen molar-refractivity contribution in [1.29, 1.82) is 0 Å². The van der Waals surface area contributed by atoms with Crippen LogP contribution in [-0.4, -0.2) is 67.6 Å². The molecule has 1 aliphatic rings. The Morgan fingerprint density at radius 3 is 2.31 bits per heavy atom. The molecule has 1 aliphatic heterocycles. The Labute approximate surface area is 207 Å². The molecule has 0 aromatic heterocycles. The third kappa shape index (κ3) is 8.02. The Bertz CT molecular complexity index is 957. The summed E-state index contributed by atoms with van der Waals surface area (Å²) in [6.07, 6.45) is 2.14. The Kier molecular flexibility index (Phi) is 9.95. The van der Waals surface area contributed by atoms with E-state index in [9.17, 15) is 14.4 Å². The van der Waals surface area contributed by atoms with E-state index in [2.05, 4.69) is 5.32 Å². The first-order valence-corrected chi connectivity index (χ1v) is 12.2. The van der Waals surface area contributed by atoms with Crippen molar-refractivity contribution < 1.29 is 23.9 Å². The largest absolute Gasteiger partial charge is 0.497 e. The maximum absolute atomic E-state index is 13.1. The van der Waals surface area contributed by atoms with Gasteiger partial charge < -0.3 is 24.6 Å². The summed E-state index contributed by atoms with van der Waals surface area (Å²) in [7, 11) is 1.59. The van der Waals surface area contributed by atoms with E-state index in [0.29, 0.717) is 63.5 Å². The molecule has 0 unspecified atom stereocenters. The van der Waals surface area contributed by atoms with Crippen molar-refractivity contribution in [2.24, 2.45) is 5.92 Å². The van der Waals surface area contributed by atoms with Crippen LogP contribution in [0.4, 0.5) is 10.5 Å². The number of hydrogen-bond acceptors (Lipinski definition) is 5. The summed E-state index contributed by atoms with van der Waals surface area (Å²) < 4.78 is 10.3. The van der Waals surface area contributed by atoms with Crippen molar-refractivity contribution in [2.75, 3.05) is 45.2 Å². The number of piperidine rings is 1. The number of anilines is 1. The number of nitrogens with one attached hydrogen (secondary N) is 1. The van der Waals surface area contributed by atoms with Gasteiger partial charge in [0.2, 0.25) is 5.91 Å². The average Bonchev–Trinajstić information content (AvgIpc) is 2.89. The third-order valence-corrected chi connectivity index (χ3v) is 6.20. The van der Waals surface area contributed by atoms with Gasteiger partial charge in [0.25, 0.3) is 0 Å². The van der Waals surface area contributed by atoms with Crippen LogP contribution in [-0.2, 0) is 20.7 Å². The minimum Gasteiger partial charge on any atom is -0.497 e. The zero-order chi connectivity index (χ0) is 25.0. The number of rotatable bonds is 10. The molecule has 0 atom stereocenters. The lowest BCUT2D eigenvalue weighted by Crippen LogP contribution is -2.43. The van der Waals surface area contributed by atoms with Gasteiger partial charge in [0.1, 0.15) is 5.75 Å². The lowest BCUT2D eigenvalue weighted by atomic mass is 9.97. The number of likely N-dealkylation sites (tertiary alicyclic amines) is 1. The number of carbonyl (C=O) groups is 3. The molecule has 1 fully saturated rings. The number of hydrogen-bond donors (Lipinski definition) is 1. The highest BCUT2D eigenvalue weighted by Crippen LogP contribution is 2.20. The van der Waals surface area contributed by atoms with Gasteiger partial charge in [-0.2, -0.15) is 0 Å². The molecule has 0 radical (unpaired) electrons. The summed E-state index contributed by atoms with van der Waals surface area (Å²) in [4.78, 5) is 41.4. The smallest absolute Gasteiger partial charge is 0.321 e. The van der Waals surface area contributed by atoms with Gasteiger partial charge in [-0.1, -0.05) is 30.3 Å². The molecule has 0 saturated carbocycles. The normalized spacial score (nSPS) is 13.7. The van der Waals surface area contributed by atoms with E-state index in [1.165, 1.54) is 0 Å². The summed E-state index contributed by atoms with van der Waals surface area (Å²) in [5.41, 5.74) is 1.79. The number of amides is 3. The van der Waals surface area contributed by atoms with E-state index in [4.69, 9.17) is 9.47 Å². The van der Waals surface area contributed by atoms with Crippen molar-refractivity contribution in [2.45, 2.75) is 32.6 Å². The minimum atomic E-state index is -0.250. The van der Waals surface area contributed by atoms with Crippen molar-refractivity contribution in [3.05, 3.63) is 60.2 Å². The van der Waals surface area contributed by atoms with E-state index in [-0.39, 0.29) is 30.2 Å². The minimum absolute atomic E-state index is 0.00531. The quantitative estimate of drug-likeness (QED) is 0.519. The number of nitrogens with zero attached hydrogens (tertiary/aromatic N) is 2. The maximum atomic E-state index is 13.1. The number of benzene rings is 2. The highest BCUT2D eigenvalue weighted by atomic mass is 16.5. The van der Waals surface area contributed by atoms with E-state index < -0.39 is 0 Å². The lowest BCUT2D eigenvalue weighted by molar-refractivity contribution is -0.151. The molecule has 0 aliphatic carbocycles. The molecule has 1 N–H and O–H groups in total. The van der Waals surface area contributed by atoms with Gasteiger partial charge in [-0.05, 0) is 56.0 Å². The molecule has 3 rings (SSSR count). The zero-order valence-corrected chi connectivity index (χ0v) is 20.6. The van der Waals surface area contributed by atoms with Crippen LogP contribution in [0.1, 0.15) is 31.7 Å². The predicted octanol–water partition coefficient (Wildman–Crippen LogP) is 3.96. The van der Waals surface area contributed by atoms with Gasteiger partial charge in [0.15, 0.2) is 0 Å². The maximum Gasteiger partial charge on any atom is 0.321 e. The van der Waals surface area contributed by atoms with E-state index in [0.717, 1.165) is 5.56 Å². The first-order valence-electron chi connectivity index (χ1n) is 12.2. The number of urea groups is 1. The fourth-order valence-electron chi connectivity index (χ4n) is 4.11. The van der Waals surface area contributed by atoms with E-state index in [1.807, 2.05) is 30.3 Å². The summed E-state index contributed by atoms with van der Waals surface area (Å²) in [5, 5.41) is 2.92. The Morgan fingerprint density at radius 1 is 1.00 bits per heavy atom. The van der Waals surface area contributed by atoms with Crippen LogP contribution in [0, 0.1) is 5.92 Å². The summed E-state index contributed by atoms with van der Waals surface area (Å²) in [5.74, 6) is 0.383. The molecule has 1 heterocycles. The second kappa shape index (κ2) is 13.4. The first-order chi connectivity index (χ1) is 17.0. The Hall–Kier alpha value is -3.55. The SMILES string of the molecule is CCOC(=O)C1CCN(C(=O)CCN(CCc2ccccc2)C(=O)Nc2ccc(OC)cc2)CC1. The van der Waals surface area contributed by atoms with Gasteiger partial charge in [0, 0.05) is 38.3 Å². The highest BCUT2D eigenvalue weighted by molar-refractivity contribution is 5.89. The van der Waals surface area contributed by atoms with Crippen LogP contribution in [0.25, 0.3) is 0 Å². The van der Waals surface area contributed by atoms with Gasteiger partial charge >= 0.3 is 12.0 Å². The lowest BCUT2D eigenvalue weighted by Gasteiger charge is -2.31. The summed E-state index contributed by atoms with van der Waals surface area (Å²) in [6.45, 7) is 4.03. The summed E-state index contributed by atoms with van der Waals surface area (Å²) >= 11 is 0. The third-order valence-electron chi connectivity index (χ3n) is 6.20. The van der Waals surface area contributed by atoms with Gasteiger partial charge in [-0.15, -0.1) is 0 Å². The second-order valence-corrected chi connectivity index (χ2v) is 8.54. The van der Waals surface area contributed by atoms with Gasteiger partial charge in [-0.3, -0.25) is 9.59 Å². The second-order valence-electron chi connectivity index (χ2n) is 8.54. The topological polar surface area (TPSA) is 88.2 Å².